The summed E-state index contributed by atoms with van der Waals surface area (Å²) in [7, 11) is 0. The van der Waals surface area contributed by atoms with E-state index >= 15 is 0 Å². The van der Waals surface area contributed by atoms with Crippen molar-refractivity contribution in [2.24, 2.45) is 0 Å². The summed E-state index contributed by atoms with van der Waals surface area (Å²) in [6.45, 7) is 9.87. The minimum absolute atomic E-state index is 0.0876. The maximum absolute atomic E-state index is 12.5. The van der Waals surface area contributed by atoms with Gasteiger partial charge in [0.15, 0.2) is 0 Å². The van der Waals surface area contributed by atoms with Crippen molar-refractivity contribution in [1.29, 1.82) is 0 Å². The second-order valence-electron chi connectivity index (χ2n) is 6.32. The molecule has 0 saturated heterocycles. The van der Waals surface area contributed by atoms with E-state index in [2.05, 4.69) is 25.0 Å². The van der Waals surface area contributed by atoms with E-state index in [0.717, 1.165) is 26.7 Å². The number of aryl methyl sites for hydroxylation is 4. The summed E-state index contributed by atoms with van der Waals surface area (Å²) in [6.07, 6.45) is 0. The molecule has 4 aromatic rings. The topological polar surface area (TPSA) is 88.8 Å². The number of thiophene rings is 1. The van der Waals surface area contributed by atoms with Crippen molar-refractivity contribution in [3.8, 4) is 0 Å². The number of aromatic nitrogens is 6. The fourth-order valence-corrected chi connectivity index (χ4v) is 4.72. The Bertz CT molecular complexity index is 1210. The lowest BCUT2D eigenvalue weighted by Crippen LogP contribution is -2.12. The maximum atomic E-state index is 12.5. The molecule has 0 unspecified atom stereocenters. The Morgan fingerprint density at radius 1 is 1.19 bits per heavy atom. The molecule has 9 heteroatoms. The van der Waals surface area contributed by atoms with Crippen LogP contribution in [0.4, 0.5) is 0 Å². The molecule has 0 spiro atoms. The van der Waals surface area contributed by atoms with Crippen LogP contribution in [0.25, 0.3) is 16.0 Å². The normalized spacial score (nSPS) is 13.0. The minimum Gasteiger partial charge on any atom is -0.309 e. The Balaban J connectivity index is 1.70. The molecule has 4 heterocycles. The second-order valence-corrected chi connectivity index (χ2v) is 8.83. The lowest BCUT2D eigenvalue weighted by molar-refractivity contribution is 0.837. The number of nitrogens with zero attached hydrogens (tertiary/aromatic N) is 5. The Kier molecular flexibility index (Phi) is 4.07. The highest BCUT2D eigenvalue weighted by molar-refractivity contribution is 7.99. The second kappa shape index (κ2) is 6.17. The van der Waals surface area contributed by atoms with E-state index in [-0.39, 0.29) is 10.8 Å². The van der Waals surface area contributed by atoms with Gasteiger partial charge in [0.2, 0.25) is 5.16 Å². The highest BCUT2D eigenvalue weighted by Gasteiger charge is 2.18. The maximum Gasteiger partial charge on any atom is 0.259 e. The predicted molar refractivity (Wildman–Crippen MR) is 104 cm³/mol. The van der Waals surface area contributed by atoms with Crippen LogP contribution in [0.1, 0.15) is 39.8 Å². The lowest BCUT2D eigenvalue weighted by Gasteiger charge is -2.07. The van der Waals surface area contributed by atoms with Crippen molar-refractivity contribution in [2.75, 3.05) is 0 Å². The molecular formula is C17H18N6OS2. The van der Waals surface area contributed by atoms with Gasteiger partial charge in [-0.25, -0.2) is 14.5 Å². The van der Waals surface area contributed by atoms with E-state index in [1.807, 2.05) is 40.7 Å². The molecule has 134 valence electrons. The molecule has 7 nitrogen and oxygen atoms in total. The van der Waals surface area contributed by atoms with Crippen LogP contribution in [-0.2, 0) is 0 Å². The molecule has 1 N–H and O–H groups in total. The molecule has 0 aliphatic heterocycles. The van der Waals surface area contributed by atoms with E-state index in [4.69, 9.17) is 0 Å². The minimum atomic E-state index is -0.0892. The fraction of sp³-hybridized carbons (Fsp3) is 0.353. The monoisotopic (exact) mass is 386 g/mol. The van der Waals surface area contributed by atoms with E-state index in [1.165, 1.54) is 11.8 Å². The Labute approximate surface area is 157 Å². The zero-order valence-corrected chi connectivity index (χ0v) is 16.7. The summed E-state index contributed by atoms with van der Waals surface area (Å²) in [5, 5.41) is 5.72. The average Bonchev–Trinajstić information content (AvgIpc) is 3.08. The van der Waals surface area contributed by atoms with Gasteiger partial charge in [0.25, 0.3) is 11.3 Å². The summed E-state index contributed by atoms with van der Waals surface area (Å²) >= 11 is 3.01. The van der Waals surface area contributed by atoms with Gasteiger partial charge < -0.3 is 4.98 Å². The standard InChI is InChI=1S/C17H18N6OS2/c1-7-6-8(2)23-16(18-7)21-17(22-23)26-11(5)13-19-14(24)12-9(3)10(4)25-15(12)20-13/h6,11H,1-5H3,(H,19,20,24)/t11-/m0/s1. The van der Waals surface area contributed by atoms with Crippen molar-refractivity contribution < 1.29 is 0 Å². The van der Waals surface area contributed by atoms with Crippen molar-refractivity contribution in [2.45, 2.75) is 45.0 Å². The van der Waals surface area contributed by atoms with Crippen LogP contribution in [0.2, 0.25) is 0 Å². The molecule has 4 aromatic heterocycles. The SMILES string of the molecule is Cc1cc(C)n2nc(S[C@@H](C)c3nc4sc(C)c(C)c4c(=O)[nH]3)nc2n1. The van der Waals surface area contributed by atoms with E-state index in [9.17, 15) is 4.79 Å². The largest absolute Gasteiger partial charge is 0.309 e. The van der Waals surface area contributed by atoms with Crippen LogP contribution in [-0.4, -0.2) is 29.5 Å². The molecule has 0 saturated carbocycles. The number of aromatic amines is 1. The smallest absolute Gasteiger partial charge is 0.259 e. The number of fused-ring (bicyclic) bond motifs is 2. The molecule has 0 fully saturated rings. The fourth-order valence-electron chi connectivity index (χ4n) is 2.88. The summed E-state index contributed by atoms with van der Waals surface area (Å²) in [5.41, 5.74) is 2.81. The van der Waals surface area contributed by atoms with Crippen LogP contribution < -0.4 is 5.56 Å². The molecule has 0 aliphatic carbocycles. The third kappa shape index (κ3) is 2.80. The first-order chi connectivity index (χ1) is 12.3. The molecule has 0 aliphatic rings. The van der Waals surface area contributed by atoms with Gasteiger partial charge in [0.05, 0.1) is 10.6 Å². The molecule has 0 aromatic carbocycles. The Morgan fingerprint density at radius 2 is 1.96 bits per heavy atom. The number of H-pyrrole nitrogens is 1. The quantitative estimate of drug-likeness (QED) is 0.542. The van der Waals surface area contributed by atoms with Crippen LogP contribution in [0, 0.1) is 27.7 Å². The van der Waals surface area contributed by atoms with Gasteiger partial charge in [0.1, 0.15) is 10.7 Å². The van der Waals surface area contributed by atoms with Crippen LogP contribution in [0.15, 0.2) is 16.0 Å². The van der Waals surface area contributed by atoms with E-state index in [0.29, 0.717) is 22.1 Å². The van der Waals surface area contributed by atoms with Gasteiger partial charge in [-0.05, 0) is 46.2 Å². The molecule has 1 atom stereocenters. The van der Waals surface area contributed by atoms with Crippen LogP contribution in [0.5, 0.6) is 0 Å². The summed E-state index contributed by atoms with van der Waals surface area (Å²) in [5.74, 6) is 1.21. The van der Waals surface area contributed by atoms with E-state index < -0.39 is 0 Å². The number of rotatable bonds is 3. The van der Waals surface area contributed by atoms with Crippen LogP contribution >= 0.6 is 23.1 Å². The van der Waals surface area contributed by atoms with Crippen molar-refractivity contribution in [1.82, 2.24) is 29.5 Å². The molecule has 0 radical (unpaired) electrons. The lowest BCUT2D eigenvalue weighted by atomic mass is 10.2. The van der Waals surface area contributed by atoms with Gasteiger partial charge >= 0.3 is 0 Å². The zero-order chi connectivity index (χ0) is 18.6. The zero-order valence-electron chi connectivity index (χ0n) is 15.1. The molecule has 0 bridgehead atoms. The van der Waals surface area contributed by atoms with Crippen molar-refractivity contribution >= 4 is 39.1 Å². The van der Waals surface area contributed by atoms with E-state index in [1.54, 1.807) is 15.9 Å². The first-order valence-corrected chi connectivity index (χ1v) is 9.90. The first-order valence-electron chi connectivity index (χ1n) is 8.21. The number of hydrogen-bond acceptors (Lipinski definition) is 7. The Morgan fingerprint density at radius 3 is 2.73 bits per heavy atom. The third-order valence-electron chi connectivity index (χ3n) is 4.32. The third-order valence-corrected chi connectivity index (χ3v) is 6.39. The summed E-state index contributed by atoms with van der Waals surface area (Å²) in [6, 6.07) is 1.97. The van der Waals surface area contributed by atoms with Crippen molar-refractivity contribution in [3.63, 3.8) is 0 Å². The van der Waals surface area contributed by atoms with Gasteiger partial charge in [-0.2, -0.15) is 4.98 Å². The molecule has 0 amide bonds. The predicted octanol–water partition coefficient (Wildman–Crippen LogP) is 3.51. The molecule has 4 rings (SSSR count). The van der Waals surface area contributed by atoms with Gasteiger partial charge in [-0.15, -0.1) is 16.4 Å². The highest BCUT2D eigenvalue weighted by atomic mass is 32.2. The molecule has 26 heavy (non-hydrogen) atoms. The number of nitrogens with one attached hydrogen (secondary N) is 1. The van der Waals surface area contributed by atoms with Crippen molar-refractivity contribution in [3.05, 3.63) is 44.1 Å². The van der Waals surface area contributed by atoms with Gasteiger partial charge in [0, 0.05) is 16.3 Å². The first kappa shape index (κ1) is 17.2. The van der Waals surface area contributed by atoms with Gasteiger partial charge in [-0.1, -0.05) is 11.8 Å². The summed E-state index contributed by atoms with van der Waals surface area (Å²) in [4.78, 5) is 30.9. The average molecular weight is 387 g/mol. The Hall–Kier alpha value is -2.26. The van der Waals surface area contributed by atoms with Gasteiger partial charge in [-0.3, -0.25) is 4.79 Å². The molecular weight excluding hydrogens is 368 g/mol. The number of thioether (sulfide) groups is 1. The highest BCUT2D eigenvalue weighted by Crippen LogP contribution is 2.33. The van der Waals surface area contributed by atoms with Crippen LogP contribution in [0.3, 0.4) is 0 Å². The summed E-state index contributed by atoms with van der Waals surface area (Å²) < 4.78 is 1.73. The number of hydrogen-bond donors (Lipinski definition) is 1.